The van der Waals surface area contributed by atoms with Crippen molar-refractivity contribution in [2.75, 3.05) is 12.4 Å². The monoisotopic (exact) mass is 212 g/mol. The molecule has 1 aliphatic heterocycles. The molecule has 0 N–H and O–H groups in total. The number of hydrogen-bond donors (Lipinski definition) is 0. The van der Waals surface area contributed by atoms with Crippen molar-refractivity contribution in [3.63, 3.8) is 0 Å². The third-order valence-electron chi connectivity index (χ3n) is 2.29. The maximum atomic E-state index is 11.0. The van der Waals surface area contributed by atoms with Crippen LogP contribution >= 0.6 is 0 Å². The molecular formula is C10H12O3S. The molecule has 1 heterocycles. The van der Waals surface area contributed by atoms with Gasteiger partial charge in [0.1, 0.15) is 0 Å². The smallest absolute Gasteiger partial charge is 0.267 e. The minimum atomic E-state index is -3.22. The summed E-state index contributed by atoms with van der Waals surface area (Å²) in [6.45, 7) is 0.331. The molecule has 0 aromatic heterocycles. The molecule has 1 aromatic rings. The lowest BCUT2D eigenvalue weighted by atomic mass is 10.0. The molecule has 0 aliphatic carbocycles. The van der Waals surface area contributed by atoms with Crippen LogP contribution in [0, 0.1) is 5.92 Å². The lowest BCUT2D eigenvalue weighted by Crippen LogP contribution is -2.08. The average Bonchev–Trinajstić information content (AvgIpc) is 2.47. The van der Waals surface area contributed by atoms with E-state index < -0.39 is 10.1 Å². The highest BCUT2D eigenvalue weighted by Crippen LogP contribution is 2.19. The summed E-state index contributed by atoms with van der Waals surface area (Å²) >= 11 is 0. The van der Waals surface area contributed by atoms with E-state index in [2.05, 4.69) is 0 Å². The average molecular weight is 212 g/mol. The second-order valence-corrected chi connectivity index (χ2v) is 5.25. The van der Waals surface area contributed by atoms with Gasteiger partial charge >= 0.3 is 0 Å². The molecular weight excluding hydrogens is 200 g/mol. The largest absolute Gasteiger partial charge is 0.270 e. The van der Waals surface area contributed by atoms with E-state index in [0.29, 0.717) is 6.61 Å². The van der Waals surface area contributed by atoms with Crippen molar-refractivity contribution < 1.29 is 12.6 Å². The summed E-state index contributed by atoms with van der Waals surface area (Å²) in [5, 5.41) is 0. The lowest BCUT2D eigenvalue weighted by Gasteiger charge is -2.04. The van der Waals surface area contributed by atoms with Crippen LogP contribution in [0.25, 0.3) is 0 Å². The maximum absolute atomic E-state index is 11.0. The van der Waals surface area contributed by atoms with E-state index in [-0.39, 0.29) is 11.7 Å². The van der Waals surface area contributed by atoms with Crippen LogP contribution in [0.3, 0.4) is 0 Å². The van der Waals surface area contributed by atoms with Crippen molar-refractivity contribution in [2.24, 2.45) is 5.92 Å². The first-order valence-electron chi connectivity index (χ1n) is 4.57. The SMILES string of the molecule is O=S1(=O)C[C@H](Cc2ccccc2)CO1. The molecule has 0 unspecified atom stereocenters. The first-order chi connectivity index (χ1) is 6.66. The Labute approximate surface area is 83.8 Å². The molecule has 0 bridgehead atoms. The highest BCUT2D eigenvalue weighted by Gasteiger charge is 2.28. The Morgan fingerprint density at radius 2 is 2.00 bits per heavy atom. The Morgan fingerprint density at radius 3 is 2.57 bits per heavy atom. The molecule has 0 radical (unpaired) electrons. The predicted molar refractivity (Wildman–Crippen MR) is 53.4 cm³/mol. The molecule has 1 aliphatic rings. The summed E-state index contributed by atoms with van der Waals surface area (Å²) in [4.78, 5) is 0. The van der Waals surface area contributed by atoms with Crippen molar-refractivity contribution in [3.05, 3.63) is 35.9 Å². The van der Waals surface area contributed by atoms with Crippen LogP contribution < -0.4 is 0 Å². The van der Waals surface area contributed by atoms with Crippen molar-refractivity contribution in [1.82, 2.24) is 0 Å². The Balaban J connectivity index is 2.01. The summed E-state index contributed by atoms with van der Waals surface area (Å²) in [6, 6.07) is 9.88. The van der Waals surface area contributed by atoms with Crippen LogP contribution in [0.2, 0.25) is 0 Å². The Bertz CT molecular complexity index is 397. The minimum absolute atomic E-state index is 0.113. The fourth-order valence-corrected chi connectivity index (χ4v) is 2.94. The second kappa shape index (κ2) is 3.71. The van der Waals surface area contributed by atoms with Gasteiger partial charge in [0.2, 0.25) is 0 Å². The van der Waals surface area contributed by atoms with Gasteiger partial charge < -0.3 is 0 Å². The van der Waals surface area contributed by atoms with E-state index in [4.69, 9.17) is 4.18 Å². The van der Waals surface area contributed by atoms with Gasteiger partial charge in [0, 0.05) is 5.92 Å². The molecule has 0 spiro atoms. The molecule has 0 amide bonds. The van der Waals surface area contributed by atoms with E-state index in [1.165, 1.54) is 5.56 Å². The zero-order chi connectivity index (χ0) is 10.0. The first kappa shape index (κ1) is 9.68. The second-order valence-electron chi connectivity index (χ2n) is 3.56. The van der Waals surface area contributed by atoms with E-state index in [1.807, 2.05) is 30.3 Å². The summed E-state index contributed by atoms with van der Waals surface area (Å²) in [5.74, 6) is 0.268. The molecule has 1 fully saturated rings. The van der Waals surface area contributed by atoms with E-state index in [1.54, 1.807) is 0 Å². The molecule has 3 nitrogen and oxygen atoms in total. The Hall–Kier alpha value is -0.870. The molecule has 2 rings (SSSR count). The summed E-state index contributed by atoms with van der Waals surface area (Å²) < 4.78 is 26.7. The van der Waals surface area contributed by atoms with E-state index >= 15 is 0 Å². The van der Waals surface area contributed by atoms with Gasteiger partial charge in [-0.3, -0.25) is 4.18 Å². The van der Waals surface area contributed by atoms with Gasteiger partial charge in [0.25, 0.3) is 10.1 Å². The molecule has 4 heteroatoms. The van der Waals surface area contributed by atoms with Gasteiger partial charge in [-0.1, -0.05) is 30.3 Å². The Morgan fingerprint density at radius 1 is 1.29 bits per heavy atom. The van der Waals surface area contributed by atoms with Crippen molar-refractivity contribution >= 4 is 10.1 Å². The van der Waals surface area contributed by atoms with Crippen LogP contribution in [0.4, 0.5) is 0 Å². The Kier molecular flexibility index (Phi) is 2.56. The number of benzene rings is 1. The maximum Gasteiger partial charge on any atom is 0.267 e. The normalized spacial score (nSPS) is 25.0. The van der Waals surface area contributed by atoms with E-state index in [0.717, 1.165) is 6.42 Å². The minimum Gasteiger partial charge on any atom is -0.270 e. The quantitative estimate of drug-likeness (QED) is 0.692. The highest BCUT2D eigenvalue weighted by molar-refractivity contribution is 7.86. The molecule has 1 atom stereocenters. The number of rotatable bonds is 2. The molecule has 76 valence electrons. The van der Waals surface area contributed by atoms with Gasteiger partial charge in [-0.2, -0.15) is 8.42 Å². The molecule has 14 heavy (non-hydrogen) atoms. The van der Waals surface area contributed by atoms with Gasteiger partial charge in [0.05, 0.1) is 12.4 Å². The van der Waals surface area contributed by atoms with Gasteiger partial charge in [-0.05, 0) is 12.0 Å². The molecule has 1 saturated heterocycles. The first-order valence-corrected chi connectivity index (χ1v) is 6.14. The van der Waals surface area contributed by atoms with Crippen molar-refractivity contribution in [1.29, 1.82) is 0 Å². The van der Waals surface area contributed by atoms with Crippen LogP contribution in [-0.2, 0) is 20.7 Å². The zero-order valence-electron chi connectivity index (χ0n) is 7.72. The van der Waals surface area contributed by atoms with Crippen molar-refractivity contribution in [2.45, 2.75) is 6.42 Å². The standard InChI is InChI=1S/C10H12O3S/c11-14(12)8-10(7-13-14)6-9-4-2-1-3-5-9/h1-5,10H,6-8H2/t10-/m1/s1. The van der Waals surface area contributed by atoms with Crippen LogP contribution in [0.1, 0.15) is 5.56 Å². The van der Waals surface area contributed by atoms with Crippen LogP contribution in [-0.4, -0.2) is 20.8 Å². The fraction of sp³-hybridized carbons (Fsp3) is 0.400. The topological polar surface area (TPSA) is 43.4 Å². The highest BCUT2D eigenvalue weighted by atomic mass is 32.2. The van der Waals surface area contributed by atoms with Crippen molar-refractivity contribution in [3.8, 4) is 0 Å². The van der Waals surface area contributed by atoms with E-state index in [9.17, 15) is 8.42 Å². The van der Waals surface area contributed by atoms with Gasteiger partial charge in [-0.25, -0.2) is 0 Å². The summed E-state index contributed by atoms with van der Waals surface area (Å²) in [6.07, 6.45) is 0.778. The van der Waals surface area contributed by atoms with Crippen LogP contribution in [0.5, 0.6) is 0 Å². The van der Waals surface area contributed by atoms with Crippen LogP contribution in [0.15, 0.2) is 30.3 Å². The third kappa shape index (κ3) is 2.33. The van der Waals surface area contributed by atoms with Gasteiger partial charge in [0.15, 0.2) is 0 Å². The molecule has 0 saturated carbocycles. The zero-order valence-corrected chi connectivity index (χ0v) is 8.53. The van der Waals surface area contributed by atoms with Gasteiger partial charge in [-0.15, -0.1) is 0 Å². The lowest BCUT2D eigenvalue weighted by molar-refractivity contribution is 0.312. The predicted octanol–water partition coefficient (Wildman–Crippen LogP) is 1.21. The third-order valence-corrected chi connectivity index (χ3v) is 3.67. The fourth-order valence-electron chi connectivity index (χ4n) is 1.65. The number of hydrogen-bond acceptors (Lipinski definition) is 3. The molecule has 1 aromatic carbocycles. The summed E-state index contributed by atoms with van der Waals surface area (Å²) in [7, 11) is -3.22. The summed E-state index contributed by atoms with van der Waals surface area (Å²) in [5.41, 5.74) is 1.17.